The molecule has 0 spiro atoms. The Morgan fingerprint density at radius 2 is 2.06 bits per heavy atom. The number of ether oxygens (including phenoxy) is 2. The number of nitrogens with zero attached hydrogens (tertiary/aromatic N) is 1. The van der Waals surface area contributed by atoms with Crippen LogP contribution in [-0.4, -0.2) is 30.0 Å². The fourth-order valence-corrected chi connectivity index (χ4v) is 1.65. The van der Waals surface area contributed by atoms with E-state index in [0.717, 1.165) is 17.1 Å². The van der Waals surface area contributed by atoms with E-state index in [-0.39, 0.29) is 4.82 Å². The second-order valence-electron chi connectivity index (χ2n) is 3.59. The van der Waals surface area contributed by atoms with Crippen LogP contribution in [0, 0.1) is 0 Å². The summed E-state index contributed by atoms with van der Waals surface area (Å²) < 4.78 is 10.9. The van der Waals surface area contributed by atoms with Crippen LogP contribution in [-0.2, 0) is 6.54 Å². The molecule has 0 N–H and O–H groups in total. The number of fused-ring (bicyclic) bond motifs is 1. The van der Waals surface area contributed by atoms with Gasteiger partial charge in [0.15, 0.2) is 11.5 Å². The Hall–Kier alpha value is -1.23. The molecule has 1 heterocycles. The van der Waals surface area contributed by atoms with Gasteiger partial charge in [0.25, 0.3) is 4.82 Å². The minimum atomic E-state index is -0.137. The molecule has 0 saturated heterocycles. The van der Waals surface area contributed by atoms with Crippen LogP contribution in [0.5, 0.6) is 11.5 Å². The number of halogens is 1. The van der Waals surface area contributed by atoms with Crippen molar-refractivity contribution in [2.75, 3.05) is 20.3 Å². The summed E-state index contributed by atoms with van der Waals surface area (Å²) in [5.41, 5.74) is 1.01. The summed E-state index contributed by atoms with van der Waals surface area (Å²) in [7, 11) is 1.73. The van der Waals surface area contributed by atoms with Crippen molar-refractivity contribution in [2.45, 2.75) is 6.54 Å². The van der Waals surface area contributed by atoms with E-state index in [1.165, 1.54) is 0 Å². The van der Waals surface area contributed by atoms with E-state index in [1.54, 1.807) is 11.9 Å². The quantitative estimate of drug-likeness (QED) is 0.619. The average molecular weight is 286 g/mol. The molecule has 0 fully saturated rings. The lowest BCUT2D eigenvalue weighted by atomic mass is 10.2. The van der Waals surface area contributed by atoms with Gasteiger partial charge in [-0.25, -0.2) is 0 Å². The highest BCUT2D eigenvalue weighted by molar-refractivity contribution is 9.18. The average Bonchev–Trinajstić information content (AvgIpc) is 2.28. The third kappa shape index (κ3) is 2.47. The third-order valence-corrected chi connectivity index (χ3v) is 2.93. The molecule has 86 valence electrons. The van der Waals surface area contributed by atoms with Crippen molar-refractivity contribution >= 4 is 20.7 Å². The van der Waals surface area contributed by atoms with E-state index < -0.39 is 0 Å². The fraction of sp³-hybridized carbons (Fsp3) is 0.364. The molecule has 5 heteroatoms. The van der Waals surface area contributed by atoms with Gasteiger partial charge in [-0.2, -0.15) is 0 Å². The lowest BCUT2D eigenvalue weighted by molar-refractivity contribution is 0.171. The molecule has 16 heavy (non-hydrogen) atoms. The zero-order valence-electron chi connectivity index (χ0n) is 8.90. The Bertz CT molecular complexity index is 408. The summed E-state index contributed by atoms with van der Waals surface area (Å²) in [4.78, 5) is 12.5. The number of carbonyl (C=O) groups is 1. The molecule has 0 atom stereocenters. The number of hydrogen-bond acceptors (Lipinski definition) is 3. The van der Waals surface area contributed by atoms with Crippen LogP contribution in [0.2, 0.25) is 0 Å². The maximum absolute atomic E-state index is 11.0. The monoisotopic (exact) mass is 285 g/mol. The van der Waals surface area contributed by atoms with Crippen molar-refractivity contribution in [3.63, 3.8) is 0 Å². The van der Waals surface area contributed by atoms with Gasteiger partial charge in [-0.15, -0.1) is 0 Å². The predicted octanol–water partition coefficient (Wildman–Crippen LogP) is 2.40. The van der Waals surface area contributed by atoms with Gasteiger partial charge in [0.2, 0.25) is 0 Å². The largest absolute Gasteiger partial charge is 0.486 e. The zero-order valence-corrected chi connectivity index (χ0v) is 10.5. The van der Waals surface area contributed by atoms with Gasteiger partial charge < -0.3 is 14.4 Å². The molecule has 1 aromatic carbocycles. The summed E-state index contributed by atoms with van der Waals surface area (Å²) in [6.45, 7) is 1.70. The highest BCUT2D eigenvalue weighted by Gasteiger charge is 2.13. The highest BCUT2D eigenvalue weighted by Crippen LogP contribution is 2.31. The van der Waals surface area contributed by atoms with Crippen molar-refractivity contribution in [2.24, 2.45) is 0 Å². The maximum Gasteiger partial charge on any atom is 0.289 e. The first-order valence-electron chi connectivity index (χ1n) is 4.96. The van der Waals surface area contributed by atoms with Crippen LogP contribution in [0.1, 0.15) is 5.56 Å². The summed E-state index contributed by atoms with van der Waals surface area (Å²) >= 11 is 2.90. The SMILES string of the molecule is CN(Cc1ccc2c(c1)OCCO2)C(=O)Br. The summed E-state index contributed by atoms with van der Waals surface area (Å²) in [5.74, 6) is 1.52. The van der Waals surface area contributed by atoms with Crippen molar-refractivity contribution in [1.82, 2.24) is 4.90 Å². The summed E-state index contributed by atoms with van der Waals surface area (Å²) in [6, 6.07) is 5.71. The molecule has 1 aromatic rings. The highest BCUT2D eigenvalue weighted by atomic mass is 79.9. The molecule has 0 bridgehead atoms. The van der Waals surface area contributed by atoms with Crippen LogP contribution in [0.3, 0.4) is 0 Å². The molecule has 0 saturated carbocycles. The van der Waals surface area contributed by atoms with E-state index in [0.29, 0.717) is 19.8 Å². The Balaban J connectivity index is 2.14. The molecule has 0 aromatic heterocycles. The van der Waals surface area contributed by atoms with Crippen LogP contribution in [0.4, 0.5) is 4.79 Å². The van der Waals surface area contributed by atoms with Crippen molar-refractivity contribution in [1.29, 1.82) is 0 Å². The molecule has 4 nitrogen and oxygen atoms in total. The normalized spacial score (nSPS) is 13.4. The van der Waals surface area contributed by atoms with Gasteiger partial charge in [0.1, 0.15) is 13.2 Å². The van der Waals surface area contributed by atoms with Gasteiger partial charge >= 0.3 is 0 Å². The lowest BCUT2D eigenvalue weighted by Crippen LogP contribution is -2.20. The lowest BCUT2D eigenvalue weighted by Gasteiger charge is -2.20. The predicted molar refractivity (Wildman–Crippen MR) is 63.2 cm³/mol. The van der Waals surface area contributed by atoms with Crippen LogP contribution in [0.15, 0.2) is 18.2 Å². The molecule has 1 amide bonds. The number of rotatable bonds is 2. The van der Waals surface area contributed by atoms with E-state index in [4.69, 9.17) is 9.47 Å². The van der Waals surface area contributed by atoms with E-state index in [1.807, 2.05) is 18.2 Å². The van der Waals surface area contributed by atoms with E-state index in [2.05, 4.69) is 15.9 Å². The number of carbonyl (C=O) groups excluding carboxylic acids is 1. The second kappa shape index (κ2) is 4.74. The van der Waals surface area contributed by atoms with Gasteiger partial charge in [0.05, 0.1) is 0 Å². The minimum Gasteiger partial charge on any atom is -0.486 e. The second-order valence-corrected chi connectivity index (χ2v) is 4.27. The minimum absolute atomic E-state index is 0.137. The molecule has 1 aliphatic rings. The first-order chi connectivity index (χ1) is 7.66. The Kier molecular flexibility index (Phi) is 3.33. The molecule has 1 aliphatic heterocycles. The Morgan fingerprint density at radius 3 is 2.75 bits per heavy atom. The number of amides is 1. The molecule has 2 rings (SSSR count). The smallest absolute Gasteiger partial charge is 0.289 e. The fourth-order valence-electron chi connectivity index (χ4n) is 1.52. The topological polar surface area (TPSA) is 38.8 Å². The third-order valence-electron chi connectivity index (χ3n) is 2.33. The van der Waals surface area contributed by atoms with Crippen LogP contribution in [0.25, 0.3) is 0 Å². The maximum atomic E-state index is 11.0. The van der Waals surface area contributed by atoms with E-state index in [9.17, 15) is 4.79 Å². The first kappa shape index (κ1) is 11.3. The van der Waals surface area contributed by atoms with E-state index >= 15 is 0 Å². The van der Waals surface area contributed by atoms with Gasteiger partial charge in [-0.1, -0.05) is 6.07 Å². The van der Waals surface area contributed by atoms with Gasteiger partial charge in [-0.3, -0.25) is 4.79 Å². The van der Waals surface area contributed by atoms with Crippen LogP contribution < -0.4 is 9.47 Å². The number of benzene rings is 1. The van der Waals surface area contributed by atoms with Crippen molar-refractivity contribution in [3.8, 4) is 11.5 Å². The first-order valence-corrected chi connectivity index (χ1v) is 5.75. The van der Waals surface area contributed by atoms with Gasteiger partial charge in [-0.05, 0) is 17.7 Å². The molecule has 0 radical (unpaired) electrons. The zero-order chi connectivity index (χ0) is 11.5. The molecule has 0 aliphatic carbocycles. The molecular formula is C11H12BrNO3. The summed E-state index contributed by atoms with van der Waals surface area (Å²) in [6.07, 6.45) is 0. The molecular weight excluding hydrogens is 274 g/mol. The number of hydrogen-bond donors (Lipinski definition) is 0. The molecule has 0 unspecified atom stereocenters. The van der Waals surface area contributed by atoms with Crippen LogP contribution >= 0.6 is 15.9 Å². The Morgan fingerprint density at radius 1 is 1.38 bits per heavy atom. The van der Waals surface area contributed by atoms with Gasteiger partial charge in [0, 0.05) is 29.5 Å². The van der Waals surface area contributed by atoms with Crippen molar-refractivity contribution in [3.05, 3.63) is 23.8 Å². The summed E-state index contributed by atoms with van der Waals surface area (Å²) in [5, 5.41) is 0. The standard InChI is InChI=1S/C11H12BrNO3/c1-13(11(12)14)7-8-2-3-9-10(6-8)16-5-4-15-9/h2-3,6H,4-5,7H2,1H3. The van der Waals surface area contributed by atoms with Crippen molar-refractivity contribution < 1.29 is 14.3 Å². The Labute approximate surface area is 102 Å².